The van der Waals surface area contributed by atoms with E-state index in [1.165, 1.54) is 13.8 Å². The molecule has 0 fully saturated rings. The molecule has 6 heteroatoms. The standard InChI is InChI=1S/C23H27NO5/c1-4-18(20-8-6-5-7-9-20)14-24-23(27)17(3)29-22(26)15-28-21-12-10-19(11-13-21)16(2)25/h5-13,17-18H,4,14-15H2,1-3H3,(H,24,27)/t17-,18-/m1/s1. The molecule has 0 bridgehead atoms. The van der Waals surface area contributed by atoms with Gasteiger partial charge in [-0.3, -0.25) is 9.59 Å². The summed E-state index contributed by atoms with van der Waals surface area (Å²) < 4.78 is 10.5. The second kappa shape index (κ2) is 11.0. The van der Waals surface area contributed by atoms with Gasteiger partial charge in [-0.25, -0.2) is 4.79 Å². The van der Waals surface area contributed by atoms with Crippen molar-refractivity contribution in [2.45, 2.75) is 39.2 Å². The molecule has 1 amide bonds. The highest BCUT2D eigenvalue weighted by Gasteiger charge is 2.19. The number of hydrogen-bond donors (Lipinski definition) is 1. The number of carbonyl (C=O) groups is 3. The van der Waals surface area contributed by atoms with Gasteiger partial charge in [-0.15, -0.1) is 0 Å². The molecule has 2 rings (SSSR count). The van der Waals surface area contributed by atoms with E-state index >= 15 is 0 Å². The van der Waals surface area contributed by atoms with Gasteiger partial charge >= 0.3 is 5.97 Å². The van der Waals surface area contributed by atoms with Crippen LogP contribution >= 0.6 is 0 Å². The van der Waals surface area contributed by atoms with E-state index in [0.29, 0.717) is 17.9 Å². The smallest absolute Gasteiger partial charge is 0.344 e. The van der Waals surface area contributed by atoms with Crippen molar-refractivity contribution < 1.29 is 23.9 Å². The minimum absolute atomic E-state index is 0.0478. The Hall–Kier alpha value is -3.15. The van der Waals surface area contributed by atoms with Crippen molar-refractivity contribution in [2.24, 2.45) is 0 Å². The fourth-order valence-corrected chi connectivity index (χ4v) is 2.80. The average molecular weight is 397 g/mol. The number of ketones is 1. The van der Waals surface area contributed by atoms with Gasteiger partial charge in [-0.2, -0.15) is 0 Å². The molecule has 2 atom stereocenters. The van der Waals surface area contributed by atoms with Gasteiger partial charge in [0.05, 0.1) is 0 Å². The van der Waals surface area contributed by atoms with Crippen LogP contribution in [-0.2, 0) is 14.3 Å². The molecule has 154 valence electrons. The lowest BCUT2D eigenvalue weighted by Gasteiger charge is -2.18. The summed E-state index contributed by atoms with van der Waals surface area (Å²) in [7, 11) is 0. The summed E-state index contributed by atoms with van der Waals surface area (Å²) in [5.74, 6) is -0.396. The third-order valence-corrected chi connectivity index (χ3v) is 4.58. The summed E-state index contributed by atoms with van der Waals surface area (Å²) >= 11 is 0. The molecule has 0 radical (unpaired) electrons. The number of amides is 1. The van der Waals surface area contributed by atoms with E-state index in [4.69, 9.17) is 9.47 Å². The second-order valence-electron chi connectivity index (χ2n) is 6.76. The van der Waals surface area contributed by atoms with Crippen molar-refractivity contribution in [2.75, 3.05) is 13.2 Å². The summed E-state index contributed by atoms with van der Waals surface area (Å²) in [5, 5.41) is 2.84. The third kappa shape index (κ3) is 7.07. The first-order valence-corrected chi connectivity index (χ1v) is 9.66. The molecule has 0 unspecified atom stereocenters. The summed E-state index contributed by atoms with van der Waals surface area (Å²) in [6, 6.07) is 16.4. The summed E-state index contributed by atoms with van der Waals surface area (Å²) in [4.78, 5) is 35.4. The van der Waals surface area contributed by atoms with Crippen molar-refractivity contribution in [1.82, 2.24) is 5.32 Å². The van der Waals surface area contributed by atoms with E-state index in [1.807, 2.05) is 30.3 Å². The molecule has 29 heavy (non-hydrogen) atoms. The number of carbonyl (C=O) groups excluding carboxylic acids is 3. The molecule has 1 N–H and O–H groups in total. The highest BCUT2D eigenvalue weighted by molar-refractivity contribution is 5.94. The Morgan fingerprint density at radius 2 is 1.66 bits per heavy atom. The van der Waals surface area contributed by atoms with Gasteiger partial charge in [0.1, 0.15) is 5.75 Å². The van der Waals surface area contributed by atoms with Gasteiger partial charge in [0.25, 0.3) is 5.91 Å². The Morgan fingerprint density at radius 3 is 2.24 bits per heavy atom. The maximum atomic E-state index is 12.2. The normalized spacial score (nSPS) is 12.5. The number of esters is 1. The van der Waals surface area contributed by atoms with Crippen LogP contribution in [-0.4, -0.2) is 36.9 Å². The van der Waals surface area contributed by atoms with Crippen molar-refractivity contribution in [3.05, 3.63) is 65.7 Å². The van der Waals surface area contributed by atoms with Crippen LogP contribution in [0.3, 0.4) is 0 Å². The third-order valence-electron chi connectivity index (χ3n) is 4.58. The fourth-order valence-electron chi connectivity index (χ4n) is 2.80. The Labute approximate surface area is 171 Å². The molecule has 0 heterocycles. The van der Waals surface area contributed by atoms with Crippen LogP contribution in [0.4, 0.5) is 0 Å². The van der Waals surface area contributed by atoms with Crippen LogP contribution in [0.2, 0.25) is 0 Å². The van der Waals surface area contributed by atoms with Crippen LogP contribution in [0.1, 0.15) is 49.0 Å². The molecule has 0 aliphatic carbocycles. The van der Waals surface area contributed by atoms with E-state index in [9.17, 15) is 14.4 Å². The zero-order chi connectivity index (χ0) is 21.2. The minimum atomic E-state index is -0.917. The van der Waals surface area contributed by atoms with Gasteiger partial charge < -0.3 is 14.8 Å². The Bertz CT molecular complexity index is 817. The summed E-state index contributed by atoms with van der Waals surface area (Å²) in [6.45, 7) is 5.22. The van der Waals surface area contributed by atoms with Gasteiger partial charge in [-0.05, 0) is 50.1 Å². The predicted octanol–water partition coefficient (Wildman–Crippen LogP) is 3.51. The molecule has 0 spiro atoms. The first kappa shape index (κ1) is 22.1. The maximum absolute atomic E-state index is 12.2. The minimum Gasteiger partial charge on any atom is -0.482 e. The molecule has 0 saturated heterocycles. The highest BCUT2D eigenvalue weighted by atomic mass is 16.6. The molecule has 6 nitrogen and oxygen atoms in total. The lowest BCUT2D eigenvalue weighted by atomic mass is 9.96. The van der Waals surface area contributed by atoms with Crippen molar-refractivity contribution >= 4 is 17.7 Å². The topological polar surface area (TPSA) is 81.7 Å². The second-order valence-corrected chi connectivity index (χ2v) is 6.76. The largest absolute Gasteiger partial charge is 0.482 e. The molecule has 2 aromatic carbocycles. The first-order valence-electron chi connectivity index (χ1n) is 9.66. The SMILES string of the molecule is CC[C@H](CNC(=O)[C@@H](C)OC(=O)COc1ccc(C(C)=O)cc1)c1ccccc1. The molecule has 0 aliphatic heterocycles. The van der Waals surface area contributed by atoms with Gasteiger partial charge in [-0.1, -0.05) is 37.3 Å². The van der Waals surface area contributed by atoms with Crippen LogP contribution in [0.15, 0.2) is 54.6 Å². The Kier molecular flexibility index (Phi) is 8.40. The van der Waals surface area contributed by atoms with E-state index in [-0.39, 0.29) is 24.2 Å². The average Bonchev–Trinajstić information content (AvgIpc) is 2.73. The number of Topliss-reactive ketones (excluding diaryl/α,β-unsaturated/α-hetero) is 1. The van der Waals surface area contributed by atoms with E-state index in [1.54, 1.807) is 24.3 Å². The summed E-state index contributed by atoms with van der Waals surface area (Å²) in [5.41, 5.74) is 1.72. The molecule has 2 aromatic rings. The number of hydrogen-bond acceptors (Lipinski definition) is 5. The summed E-state index contributed by atoms with van der Waals surface area (Å²) in [6.07, 6.45) is -0.0335. The lowest BCUT2D eigenvalue weighted by Crippen LogP contribution is -2.38. The number of rotatable bonds is 10. The van der Waals surface area contributed by atoms with Crippen LogP contribution in [0.25, 0.3) is 0 Å². The molecule has 0 saturated carbocycles. The quantitative estimate of drug-likeness (QED) is 0.490. The first-order chi connectivity index (χ1) is 13.9. The zero-order valence-corrected chi connectivity index (χ0v) is 17.0. The van der Waals surface area contributed by atoms with Gasteiger partial charge in [0, 0.05) is 18.0 Å². The number of ether oxygens (including phenoxy) is 2. The number of nitrogens with one attached hydrogen (secondary N) is 1. The van der Waals surface area contributed by atoms with Crippen molar-refractivity contribution in [3.8, 4) is 5.75 Å². The molecule has 0 aromatic heterocycles. The molecule has 0 aliphatic rings. The number of benzene rings is 2. The van der Waals surface area contributed by atoms with Crippen molar-refractivity contribution in [1.29, 1.82) is 0 Å². The van der Waals surface area contributed by atoms with E-state index in [2.05, 4.69) is 12.2 Å². The highest BCUT2D eigenvalue weighted by Crippen LogP contribution is 2.18. The lowest BCUT2D eigenvalue weighted by molar-refractivity contribution is -0.156. The Morgan fingerprint density at radius 1 is 1.00 bits per heavy atom. The van der Waals surface area contributed by atoms with E-state index < -0.39 is 12.1 Å². The maximum Gasteiger partial charge on any atom is 0.344 e. The van der Waals surface area contributed by atoms with E-state index in [0.717, 1.165) is 12.0 Å². The fraction of sp³-hybridized carbons (Fsp3) is 0.348. The van der Waals surface area contributed by atoms with Gasteiger partial charge in [0.2, 0.25) is 0 Å². The van der Waals surface area contributed by atoms with Gasteiger partial charge in [0.15, 0.2) is 18.5 Å². The zero-order valence-electron chi connectivity index (χ0n) is 17.0. The van der Waals surface area contributed by atoms with Crippen LogP contribution in [0, 0.1) is 0 Å². The molecular weight excluding hydrogens is 370 g/mol. The van der Waals surface area contributed by atoms with Crippen LogP contribution in [0.5, 0.6) is 5.75 Å². The Balaban J connectivity index is 1.76. The monoisotopic (exact) mass is 397 g/mol. The van der Waals surface area contributed by atoms with Crippen molar-refractivity contribution in [3.63, 3.8) is 0 Å². The predicted molar refractivity (Wildman–Crippen MR) is 110 cm³/mol. The molecular formula is C23H27NO5. The van der Waals surface area contributed by atoms with Crippen LogP contribution < -0.4 is 10.1 Å².